The van der Waals surface area contributed by atoms with Crippen molar-refractivity contribution in [1.82, 2.24) is 5.32 Å². The molecule has 0 fully saturated rings. The molecular weight excluding hydrogens is 190 g/mol. The van der Waals surface area contributed by atoms with Crippen molar-refractivity contribution in [2.75, 3.05) is 13.2 Å². The van der Waals surface area contributed by atoms with E-state index in [1.165, 1.54) is 0 Å². The third-order valence-corrected chi connectivity index (χ3v) is 1.93. The first-order chi connectivity index (χ1) is 7.27. The summed E-state index contributed by atoms with van der Waals surface area (Å²) in [5, 5.41) is 11.2. The summed E-state index contributed by atoms with van der Waals surface area (Å²) in [7, 11) is 0. The summed E-state index contributed by atoms with van der Waals surface area (Å²) in [4.78, 5) is 11.5. The predicted molar refractivity (Wildman–Crippen MR) is 58.4 cm³/mol. The van der Waals surface area contributed by atoms with Crippen LogP contribution in [0.25, 0.3) is 0 Å². The molecule has 1 rings (SSSR count). The molecule has 2 N–H and O–H groups in total. The number of carbonyl (C=O) groups is 1. The van der Waals surface area contributed by atoms with Gasteiger partial charge in [0.15, 0.2) is 0 Å². The van der Waals surface area contributed by atoms with Crippen molar-refractivity contribution in [3.05, 3.63) is 35.4 Å². The highest BCUT2D eigenvalue weighted by molar-refractivity contribution is 5.94. The van der Waals surface area contributed by atoms with Crippen molar-refractivity contribution in [1.29, 1.82) is 0 Å². The lowest BCUT2D eigenvalue weighted by atomic mass is 10.1. The quantitative estimate of drug-likeness (QED) is 0.561. The molecule has 0 saturated heterocycles. The summed E-state index contributed by atoms with van der Waals surface area (Å²) >= 11 is 0. The molecule has 0 aliphatic carbocycles. The third kappa shape index (κ3) is 3.45. The van der Waals surface area contributed by atoms with Crippen LogP contribution in [-0.4, -0.2) is 24.2 Å². The maximum Gasteiger partial charge on any atom is 0.251 e. The Labute approximate surface area is 89.1 Å². The van der Waals surface area contributed by atoms with Crippen LogP contribution in [0.1, 0.15) is 22.3 Å². The zero-order chi connectivity index (χ0) is 11.1. The Morgan fingerprint density at radius 2 is 2.07 bits per heavy atom. The maximum atomic E-state index is 11.5. The lowest BCUT2D eigenvalue weighted by molar-refractivity contribution is 0.0951. The van der Waals surface area contributed by atoms with Gasteiger partial charge >= 0.3 is 0 Å². The maximum absolute atomic E-state index is 11.5. The minimum Gasteiger partial charge on any atom is -0.396 e. The summed E-state index contributed by atoms with van der Waals surface area (Å²) in [6.07, 6.45) is 5.76. The molecule has 0 spiro atoms. The Balaban J connectivity index is 2.55. The third-order valence-electron chi connectivity index (χ3n) is 1.93. The van der Waals surface area contributed by atoms with Gasteiger partial charge in [0, 0.05) is 24.3 Å². The van der Waals surface area contributed by atoms with E-state index in [9.17, 15) is 4.79 Å². The number of aliphatic hydroxyl groups is 1. The van der Waals surface area contributed by atoms with Gasteiger partial charge in [0.05, 0.1) is 0 Å². The van der Waals surface area contributed by atoms with Crippen LogP contribution in [0, 0.1) is 12.3 Å². The van der Waals surface area contributed by atoms with Crippen LogP contribution in [0.4, 0.5) is 0 Å². The Morgan fingerprint density at radius 1 is 1.40 bits per heavy atom. The largest absolute Gasteiger partial charge is 0.396 e. The summed E-state index contributed by atoms with van der Waals surface area (Å²) in [5.41, 5.74) is 1.33. The molecule has 0 aliphatic rings. The second-order valence-electron chi connectivity index (χ2n) is 3.05. The zero-order valence-electron chi connectivity index (χ0n) is 8.36. The van der Waals surface area contributed by atoms with Gasteiger partial charge in [-0.25, -0.2) is 0 Å². The molecule has 0 bridgehead atoms. The molecular formula is C12H13NO2. The van der Waals surface area contributed by atoms with Crippen molar-refractivity contribution >= 4 is 5.91 Å². The average molecular weight is 203 g/mol. The second kappa shape index (κ2) is 5.84. The monoisotopic (exact) mass is 203 g/mol. The molecule has 0 heterocycles. The van der Waals surface area contributed by atoms with Gasteiger partial charge in [-0.1, -0.05) is 5.92 Å². The van der Waals surface area contributed by atoms with Crippen LogP contribution in [-0.2, 0) is 0 Å². The topological polar surface area (TPSA) is 49.3 Å². The van der Waals surface area contributed by atoms with E-state index >= 15 is 0 Å². The SMILES string of the molecule is C#Cc1ccc(C(=O)NCCCO)cc1. The second-order valence-corrected chi connectivity index (χ2v) is 3.05. The first-order valence-corrected chi connectivity index (χ1v) is 4.73. The van der Waals surface area contributed by atoms with Crippen LogP contribution >= 0.6 is 0 Å². The molecule has 3 heteroatoms. The van der Waals surface area contributed by atoms with Gasteiger partial charge in [-0.3, -0.25) is 4.79 Å². The smallest absolute Gasteiger partial charge is 0.251 e. The van der Waals surface area contributed by atoms with E-state index in [1.54, 1.807) is 24.3 Å². The number of nitrogens with one attached hydrogen (secondary N) is 1. The number of hydrogen-bond acceptors (Lipinski definition) is 2. The van der Waals surface area contributed by atoms with E-state index in [4.69, 9.17) is 11.5 Å². The molecule has 15 heavy (non-hydrogen) atoms. The number of aliphatic hydroxyl groups excluding tert-OH is 1. The van der Waals surface area contributed by atoms with E-state index < -0.39 is 0 Å². The normalized spacial score (nSPS) is 9.33. The van der Waals surface area contributed by atoms with Crippen molar-refractivity contribution in [2.45, 2.75) is 6.42 Å². The Kier molecular flexibility index (Phi) is 4.39. The van der Waals surface area contributed by atoms with Crippen molar-refractivity contribution < 1.29 is 9.90 Å². The van der Waals surface area contributed by atoms with Crippen LogP contribution in [0.2, 0.25) is 0 Å². The molecule has 0 saturated carbocycles. The van der Waals surface area contributed by atoms with E-state index in [0.717, 1.165) is 5.56 Å². The fourth-order valence-corrected chi connectivity index (χ4v) is 1.10. The lowest BCUT2D eigenvalue weighted by Crippen LogP contribution is -2.24. The average Bonchev–Trinajstić information content (AvgIpc) is 2.29. The van der Waals surface area contributed by atoms with Crippen LogP contribution in [0.5, 0.6) is 0 Å². The summed E-state index contributed by atoms with van der Waals surface area (Å²) in [5.74, 6) is 2.33. The van der Waals surface area contributed by atoms with Gasteiger partial charge < -0.3 is 10.4 Å². The van der Waals surface area contributed by atoms with Crippen LogP contribution in [0.3, 0.4) is 0 Å². The molecule has 78 valence electrons. The molecule has 0 aliphatic heterocycles. The molecule has 3 nitrogen and oxygen atoms in total. The number of terminal acetylenes is 1. The van der Waals surface area contributed by atoms with Gasteiger partial charge in [-0.15, -0.1) is 6.42 Å². The van der Waals surface area contributed by atoms with Crippen molar-refractivity contribution in [2.24, 2.45) is 0 Å². The van der Waals surface area contributed by atoms with Gasteiger partial charge in [0.25, 0.3) is 5.91 Å². The van der Waals surface area contributed by atoms with E-state index in [-0.39, 0.29) is 12.5 Å². The summed E-state index contributed by atoms with van der Waals surface area (Å²) in [6, 6.07) is 6.81. The fraction of sp³-hybridized carbons (Fsp3) is 0.250. The lowest BCUT2D eigenvalue weighted by Gasteiger charge is -2.03. The minimum absolute atomic E-state index is 0.0797. The van der Waals surface area contributed by atoms with Gasteiger partial charge in [-0.2, -0.15) is 0 Å². The first-order valence-electron chi connectivity index (χ1n) is 4.73. The summed E-state index contributed by atoms with van der Waals surface area (Å²) < 4.78 is 0. The van der Waals surface area contributed by atoms with E-state index in [1.807, 2.05) is 0 Å². The van der Waals surface area contributed by atoms with Crippen molar-refractivity contribution in [3.8, 4) is 12.3 Å². The number of benzene rings is 1. The number of carbonyl (C=O) groups excluding carboxylic acids is 1. The standard InChI is InChI=1S/C12H13NO2/c1-2-10-4-6-11(7-5-10)12(15)13-8-3-9-14/h1,4-7,14H,3,8-9H2,(H,13,15). The Hall–Kier alpha value is -1.79. The zero-order valence-corrected chi connectivity index (χ0v) is 8.36. The minimum atomic E-state index is -0.146. The number of rotatable bonds is 4. The molecule has 1 aromatic carbocycles. The van der Waals surface area contributed by atoms with Crippen LogP contribution in [0.15, 0.2) is 24.3 Å². The molecule has 1 aromatic rings. The first kappa shape index (κ1) is 11.3. The van der Waals surface area contributed by atoms with Gasteiger partial charge in [0.2, 0.25) is 0 Å². The van der Waals surface area contributed by atoms with E-state index in [0.29, 0.717) is 18.5 Å². The molecule has 1 amide bonds. The van der Waals surface area contributed by atoms with Gasteiger partial charge in [-0.05, 0) is 30.7 Å². The fourth-order valence-electron chi connectivity index (χ4n) is 1.10. The Bertz CT molecular complexity index is 362. The molecule has 0 unspecified atom stereocenters. The highest BCUT2D eigenvalue weighted by atomic mass is 16.3. The Morgan fingerprint density at radius 3 is 2.60 bits per heavy atom. The van der Waals surface area contributed by atoms with E-state index in [2.05, 4.69) is 11.2 Å². The molecule has 0 aromatic heterocycles. The summed E-state index contributed by atoms with van der Waals surface area (Å²) in [6.45, 7) is 0.558. The number of hydrogen-bond donors (Lipinski definition) is 2. The number of amides is 1. The van der Waals surface area contributed by atoms with Gasteiger partial charge in [0.1, 0.15) is 0 Å². The predicted octanol–water partition coefficient (Wildman–Crippen LogP) is 0.780. The van der Waals surface area contributed by atoms with Crippen molar-refractivity contribution in [3.63, 3.8) is 0 Å². The molecule has 0 atom stereocenters. The highest BCUT2D eigenvalue weighted by Crippen LogP contribution is 2.02. The highest BCUT2D eigenvalue weighted by Gasteiger charge is 2.03. The molecule has 0 radical (unpaired) electrons. The van der Waals surface area contributed by atoms with Crippen LogP contribution < -0.4 is 5.32 Å².